The number of para-hydroxylation sites is 2. The predicted octanol–water partition coefficient (Wildman–Crippen LogP) is 4.23. The first kappa shape index (κ1) is 19.5. The number of rotatable bonds is 3. The summed E-state index contributed by atoms with van der Waals surface area (Å²) in [5.41, 5.74) is 0.557. The van der Waals surface area contributed by atoms with Crippen LogP contribution in [0.25, 0.3) is 11.0 Å². The van der Waals surface area contributed by atoms with E-state index in [0.29, 0.717) is 23.6 Å². The summed E-state index contributed by atoms with van der Waals surface area (Å²) in [5, 5.41) is 9.57. The molecule has 0 radical (unpaired) electrons. The van der Waals surface area contributed by atoms with Crippen molar-refractivity contribution in [1.82, 2.24) is 14.5 Å². The minimum absolute atomic E-state index is 0.0512. The van der Waals surface area contributed by atoms with Crippen molar-refractivity contribution in [2.45, 2.75) is 88.4 Å². The Morgan fingerprint density at radius 1 is 0.871 bits per heavy atom. The molecule has 2 saturated heterocycles. The van der Waals surface area contributed by atoms with E-state index >= 15 is 0 Å². The molecule has 6 nitrogen and oxygen atoms in total. The third-order valence-electron chi connectivity index (χ3n) is 8.65. The number of aromatic nitrogens is 2. The first-order valence-electron chi connectivity index (χ1n) is 12.1. The Morgan fingerprint density at radius 3 is 2.23 bits per heavy atom. The van der Waals surface area contributed by atoms with Crippen LogP contribution in [0.2, 0.25) is 0 Å². The maximum atomic E-state index is 13.2. The molecule has 164 valence electrons. The van der Waals surface area contributed by atoms with Gasteiger partial charge in [-0.3, -0.25) is 9.69 Å². The Balaban J connectivity index is 1.33. The van der Waals surface area contributed by atoms with Crippen molar-refractivity contribution in [3.8, 4) is 0 Å². The van der Waals surface area contributed by atoms with Crippen LogP contribution >= 0.6 is 0 Å². The minimum atomic E-state index is -1.24. The molecule has 0 amide bonds. The maximum Gasteiger partial charge on any atom is 0.360 e. The lowest BCUT2D eigenvalue weighted by atomic mass is 9.69. The molecule has 4 bridgehead atoms. The van der Waals surface area contributed by atoms with E-state index < -0.39 is 11.5 Å². The van der Waals surface area contributed by atoms with Crippen LogP contribution in [-0.4, -0.2) is 43.7 Å². The third-order valence-corrected chi connectivity index (χ3v) is 8.65. The molecular formula is C25H31N3O3. The van der Waals surface area contributed by atoms with Gasteiger partial charge in [0.05, 0.1) is 11.0 Å². The average Bonchev–Trinajstić information content (AvgIpc) is 3.02. The molecule has 2 aliphatic heterocycles. The van der Waals surface area contributed by atoms with Gasteiger partial charge in [-0.05, 0) is 68.9 Å². The van der Waals surface area contributed by atoms with Gasteiger partial charge in [0.15, 0.2) is 0 Å². The second-order valence-corrected chi connectivity index (χ2v) is 10.4. The Morgan fingerprint density at radius 2 is 1.55 bits per heavy atom. The van der Waals surface area contributed by atoms with Crippen molar-refractivity contribution in [3.63, 3.8) is 0 Å². The molecular weight excluding hydrogens is 390 g/mol. The summed E-state index contributed by atoms with van der Waals surface area (Å²) < 4.78 is 1.77. The third kappa shape index (κ3) is 3.22. The number of benzene rings is 1. The highest BCUT2D eigenvalue weighted by Crippen LogP contribution is 2.48. The smallest absolute Gasteiger partial charge is 0.360 e. The number of hydrogen-bond acceptors (Lipinski definition) is 4. The van der Waals surface area contributed by atoms with Crippen molar-refractivity contribution in [3.05, 3.63) is 40.3 Å². The summed E-state index contributed by atoms with van der Waals surface area (Å²) in [6.45, 7) is 0. The topological polar surface area (TPSA) is 75.4 Å². The van der Waals surface area contributed by atoms with Crippen molar-refractivity contribution < 1.29 is 9.90 Å². The lowest BCUT2D eigenvalue weighted by molar-refractivity contribution is 0.00786. The second kappa shape index (κ2) is 7.44. The lowest BCUT2D eigenvalue weighted by Crippen LogP contribution is -2.52. The average molecular weight is 422 g/mol. The van der Waals surface area contributed by atoms with Crippen molar-refractivity contribution in [2.24, 2.45) is 11.8 Å². The molecule has 2 aliphatic carbocycles. The molecule has 2 saturated carbocycles. The van der Waals surface area contributed by atoms with E-state index in [1.165, 1.54) is 51.4 Å². The van der Waals surface area contributed by atoms with Gasteiger partial charge in [0.2, 0.25) is 5.69 Å². The van der Waals surface area contributed by atoms with Gasteiger partial charge in [0.1, 0.15) is 0 Å². The molecule has 4 aliphatic rings. The standard InChI is InChI=1S/C25H31N3O3/c29-24-23(25(30)31)26-21-6-1-2-7-22(21)28(24)20-13-17-8-9-18(14-20)27(17)19-11-15-4-3-5-16(10-15)12-19/h1-2,6-7,15-20H,3-5,8-14H2,(H,30,31)/t15-,16+,17-,18+,19-,20+. The summed E-state index contributed by atoms with van der Waals surface area (Å²) in [5.74, 6) is 0.595. The molecule has 6 rings (SSSR count). The van der Waals surface area contributed by atoms with Crippen molar-refractivity contribution in [2.75, 3.05) is 0 Å². The Hall–Kier alpha value is -2.21. The number of fused-ring (bicyclic) bond motifs is 5. The van der Waals surface area contributed by atoms with Crippen LogP contribution < -0.4 is 5.56 Å². The van der Waals surface area contributed by atoms with E-state index in [1.54, 1.807) is 4.57 Å². The Bertz CT molecular complexity index is 1050. The fraction of sp³-hybridized carbons (Fsp3) is 0.640. The first-order chi connectivity index (χ1) is 15.1. The van der Waals surface area contributed by atoms with E-state index in [-0.39, 0.29) is 11.7 Å². The number of carboxylic acids is 1. The van der Waals surface area contributed by atoms with Crippen LogP contribution in [-0.2, 0) is 0 Å². The minimum Gasteiger partial charge on any atom is -0.476 e. The molecule has 1 aromatic heterocycles. The molecule has 3 heterocycles. The van der Waals surface area contributed by atoms with Crippen LogP contribution in [0.4, 0.5) is 0 Å². The summed E-state index contributed by atoms with van der Waals surface area (Å²) in [6.07, 6.45) is 12.7. The molecule has 0 unspecified atom stereocenters. The summed E-state index contributed by atoms with van der Waals surface area (Å²) >= 11 is 0. The number of piperidine rings is 1. The van der Waals surface area contributed by atoms with Gasteiger partial charge >= 0.3 is 5.97 Å². The zero-order valence-electron chi connectivity index (χ0n) is 17.9. The van der Waals surface area contributed by atoms with Crippen LogP contribution in [0, 0.1) is 11.8 Å². The van der Waals surface area contributed by atoms with E-state index in [1.807, 2.05) is 24.3 Å². The molecule has 31 heavy (non-hydrogen) atoms. The van der Waals surface area contributed by atoms with Gasteiger partial charge in [-0.2, -0.15) is 0 Å². The fourth-order valence-corrected chi connectivity index (χ4v) is 7.59. The van der Waals surface area contributed by atoms with Gasteiger partial charge in [0, 0.05) is 24.2 Å². The maximum absolute atomic E-state index is 13.2. The monoisotopic (exact) mass is 421 g/mol. The van der Waals surface area contributed by atoms with Gasteiger partial charge < -0.3 is 9.67 Å². The van der Waals surface area contributed by atoms with Gasteiger partial charge in [0.25, 0.3) is 5.56 Å². The molecule has 6 heteroatoms. The van der Waals surface area contributed by atoms with E-state index in [0.717, 1.165) is 30.2 Å². The van der Waals surface area contributed by atoms with Gasteiger partial charge in [-0.1, -0.05) is 31.4 Å². The molecule has 2 aromatic rings. The number of aromatic carboxylic acids is 1. The van der Waals surface area contributed by atoms with Crippen LogP contribution in [0.15, 0.2) is 29.1 Å². The normalized spacial score (nSPS) is 35.4. The molecule has 4 fully saturated rings. The first-order valence-corrected chi connectivity index (χ1v) is 12.1. The lowest BCUT2D eigenvalue weighted by Gasteiger charge is -2.49. The van der Waals surface area contributed by atoms with Gasteiger partial charge in [-0.25, -0.2) is 9.78 Å². The largest absolute Gasteiger partial charge is 0.476 e. The SMILES string of the molecule is O=C(O)c1nc2ccccc2n([C@H]2C[C@H]3CC[C@@H](C2)N3[C@@H]2C[C@@H]3CCC[C@@H](C3)C2)c1=O. The molecule has 6 atom stereocenters. The highest BCUT2D eigenvalue weighted by Gasteiger charge is 2.47. The van der Waals surface area contributed by atoms with Gasteiger partial charge in [-0.15, -0.1) is 0 Å². The Kier molecular flexibility index (Phi) is 4.67. The molecule has 1 aromatic carbocycles. The molecule has 1 N–H and O–H groups in total. The second-order valence-electron chi connectivity index (χ2n) is 10.4. The highest BCUT2D eigenvalue weighted by molar-refractivity contribution is 5.88. The zero-order chi connectivity index (χ0) is 21.1. The van der Waals surface area contributed by atoms with Crippen molar-refractivity contribution >= 4 is 17.0 Å². The quantitative estimate of drug-likeness (QED) is 0.803. The van der Waals surface area contributed by atoms with E-state index in [4.69, 9.17) is 0 Å². The summed E-state index contributed by atoms with van der Waals surface area (Å²) in [7, 11) is 0. The molecule has 0 spiro atoms. The fourth-order valence-electron chi connectivity index (χ4n) is 7.59. The number of carboxylic acid groups (broad SMARTS) is 1. The van der Waals surface area contributed by atoms with Crippen LogP contribution in [0.3, 0.4) is 0 Å². The van der Waals surface area contributed by atoms with E-state index in [2.05, 4.69) is 9.88 Å². The van der Waals surface area contributed by atoms with E-state index in [9.17, 15) is 14.7 Å². The Labute approximate surface area is 182 Å². The number of nitrogens with zero attached hydrogens (tertiary/aromatic N) is 3. The summed E-state index contributed by atoms with van der Waals surface area (Å²) in [6, 6.07) is 9.26. The number of carbonyl (C=O) groups is 1. The van der Waals surface area contributed by atoms with Crippen LogP contribution in [0.5, 0.6) is 0 Å². The summed E-state index contributed by atoms with van der Waals surface area (Å²) in [4.78, 5) is 31.9. The van der Waals surface area contributed by atoms with Crippen molar-refractivity contribution in [1.29, 1.82) is 0 Å². The zero-order valence-corrected chi connectivity index (χ0v) is 17.9. The number of hydrogen-bond donors (Lipinski definition) is 1. The predicted molar refractivity (Wildman–Crippen MR) is 118 cm³/mol. The van der Waals surface area contributed by atoms with Crippen LogP contribution in [0.1, 0.15) is 80.7 Å². The highest BCUT2D eigenvalue weighted by atomic mass is 16.4.